The van der Waals surface area contributed by atoms with Gasteiger partial charge in [0.15, 0.2) is 0 Å². The lowest BCUT2D eigenvalue weighted by molar-refractivity contribution is 0.255. The SMILES string of the molecule is C=COCCC(=C)C. The quantitative estimate of drug-likeness (QED) is 0.307. The Balaban J connectivity index is 2.93. The van der Waals surface area contributed by atoms with Crippen molar-refractivity contribution in [3.63, 3.8) is 0 Å². The number of ether oxygens (including phenoxy) is 1. The van der Waals surface area contributed by atoms with Gasteiger partial charge in [-0.05, 0) is 6.92 Å². The summed E-state index contributed by atoms with van der Waals surface area (Å²) < 4.78 is 4.85. The first-order valence-corrected chi connectivity index (χ1v) is 2.64. The first-order chi connectivity index (χ1) is 3.77. The molecule has 0 amide bonds. The molecule has 0 saturated carbocycles. The van der Waals surface area contributed by atoms with E-state index in [0.29, 0.717) is 6.61 Å². The Morgan fingerprint density at radius 3 is 2.75 bits per heavy atom. The third kappa shape index (κ3) is 5.28. The van der Waals surface area contributed by atoms with E-state index in [1.165, 1.54) is 6.26 Å². The van der Waals surface area contributed by atoms with Gasteiger partial charge in [0.05, 0.1) is 12.9 Å². The Morgan fingerprint density at radius 1 is 1.75 bits per heavy atom. The summed E-state index contributed by atoms with van der Waals surface area (Å²) in [4.78, 5) is 0. The highest BCUT2D eigenvalue weighted by Crippen LogP contribution is 1.94. The third-order valence-electron chi connectivity index (χ3n) is 0.765. The van der Waals surface area contributed by atoms with E-state index in [2.05, 4.69) is 13.2 Å². The van der Waals surface area contributed by atoms with E-state index in [0.717, 1.165) is 12.0 Å². The molecule has 0 rings (SSSR count). The third-order valence-corrected chi connectivity index (χ3v) is 0.765. The Kier molecular flexibility index (Phi) is 4.04. The van der Waals surface area contributed by atoms with Crippen LogP contribution >= 0.6 is 0 Å². The fourth-order valence-corrected chi connectivity index (χ4v) is 0.316. The molecule has 0 spiro atoms. The smallest absolute Gasteiger partial charge is 0.0909 e. The van der Waals surface area contributed by atoms with Crippen LogP contribution in [0.15, 0.2) is 25.0 Å². The van der Waals surface area contributed by atoms with Crippen molar-refractivity contribution in [1.29, 1.82) is 0 Å². The molecule has 0 unspecified atom stereocenters. The summed E-state index contributed by atoms with van der Waals surface area (Å²) in [7, 11) is 0. The molecule has 0 saturated heterocycles. The second-order valence-electron chi connectivity index (χ2n) is 1.74. The Hall–Kier alpha value is -0.720. The number of rotatable bonds is 4. The minimum absolute atomic E-state index is 0.707. The number of hydrogen-bond donors (Lipinski definition) is 0. The lowest BCUT2D eigenvalue weighted by Gasteiger charge is -1.96. The van der Waals surface area contributed by atoms with Crippen molar-refractivity contribution < 1.29 is 4.74 Å². The largest absolute Gasteiger partial charge is 0.501 e. The fourth-order valence-electron chi connectivity index (χ4n) is 0.316. The molecular formula is C7H12O. The molecule has 0 aliphatic heterocycles. The van der Waals surface area contributed by atoms with Gasteiger partial charge in [-0.15, -0.1) is 6.58 Å². The standard InChI is InChI=1S/C7H12O/c1-4-8-6-5-7(2)3/h4H,1-2,5-6H2,3H3. The summed E-state index contributed by atoms with van der Waals surface area (Å²) in [5.41, 5.74) is 1.15. The zero-order chi connectivity index (χ0) is 6.41. The Labute approximate surface area is 50.7 Å². The van der Waals surface area contributed by atoms with E-state index in [-0.39, 0.29) is 0 Å². The summed E-state index contributed by atoms with van der Waals surface area (Å²) in [6.07, 6.45) is 2.37. The molecule has 1 nitrogen and oxygen atoms in total. The van der Waals surface area contributed by atoms with Gasteiger partial charge < -0.3 is 4.74 Å². The van der Waals surface area contributed by atoms with E-state index in [9.17, 15) is 0 Å². The van der Waals surface area contributed by atoms with Crippen LogP contribution in [-0.2, 0) is 4.74 Å². The molecule has 0 fully saturated rings. The minimum atomic E-state index is 0.707. The summed E-state index contributed by atoms with van der Waals surface area (Å²) in [6, 6.07) is 0. The summed E-state index contributed by atoms with van der Waals surface area (Å²) >= 11 is 0. The van der Waals surface area contributed by atoms with Gasteiger partial charge in [-0.3, -0.25) is 0 Å². The molecule has 0 atom stereocenters. The van der Waals surface area contributed by atoms with Crippen LogP contribution in [0.5, 0.6) is 0 Å². The highest BCUT2D eigenvalue weighted by molar-refractivity contribution is 4.87. The molecule has 0 aromatic heterocycles. The Morgan fingerprint density at radius 2 is 2.38 bits per heavy atom. The highest BCUT2D eigenvalue weighted by Gasteiger charge is 1.82. The average Bonchev–Trinajstić information content (AvgIpc) is 1.66. The Bertz CT molecular complexity index is 84.4. The van der Waals surface area contributed by atoms with Crippen molar-refractivity contribution in [3.05, 3.63) is 25.0 Å². The van der Waals surface area contributed by atoms with Gasteiger partial charge in [0.25, 0.3) is 0 Å². The van der Waals surface area contributed by atoms with E-state index in [1.54, 1.807) is 0 Å². The maximum absolute atomic E-state index is 4.85. The van der Waals surface area contributed by atoms with Crippen molar-refractivity contribution in [2.75, 3.05) is 6.61 Å². The first-order valence-electron chi connectivity index (χ1n) is 2.64. The molecule has 1 heteroatoms. The van der Waals surface area contributed by atoms with Crippen LogP contribution in [0.1, 0.15) is 13.3 Å². The minimum Gasteiger partial charge on any atom is -0.501 e. The van der Waals surface area contributed by atoms with Crippen molar-refractivity contribution >= 4 is 0 Å². The van der Waals surface area contributed by atoms with E-state index < -0.39 is 0 Å². The maximum Gasteiger partial charge on any atom is 0.0909 e. The number of hydrogen-bond acceptors (Lipinski definition) is 1. The van der Waals surface area contributed by atoms with E-state index in [4.69, 9.17) is 4.74 Å². The van der Waals surface area contributed by atoms with E-state index in [1.807, 2.05) is 6.92 Å². The van der Waals surface area contributed by atoms with Crippen molar-refractivity contribution in [2.45, 2.75) is 13.3 Å². The zero-order valence-electron chi connectivity index (χ0n) is 5.31. The molecule has 0 aliphatic rings. The van der Waals surface area contributed by atoms with Gasteiger partial charge in [0, 0.05) is 6.42 Å². The first kappa shape index (κ1) is 7.28. The summed E-state index contributed by atoms with van der Waals surface area (Å²) in [5, 5.41) is 0. The lowest BCUT2D eigenvalue weighted by Crippen LogP contribution is -1.85. The zero-order valence-corrected chi connectivity index (χ0v) is 5.31. The monoisotopic (exact) mass is 112 g/mol. The highest BCUT2D eigenvalue weighted by atomic mass is 16.5. The molecule has 0 aromatic rings. The lowest BCUT2D eigenvalue weighted by atomic mass is 10.3. The van der Waals surface area contributed by atoms with Gasteiger partial charge in [0.2, 0.25) is 0 Å². The summed E-state index contributed by atoms with van der Waals surface area (Å²) in [5.74, 6) is 0. The van der Waals surface area contributed by atoms with Gasteiger partial charge in [-0.25, -0.2) is 0 Å². The molecule has 0 N–H and O–H groups in total. The topological polar surface area (TPSA) is 9.23 Å². The van der Waals surface area contributed by atoms with Crippen molar-refractivity contribution in [3.8, 4) is 0 Å². The molecular weight excluding hydrogens is 100 g/mol. The molecule has 0 aliphatic carbocycles. The van der Waals surface area contributed by atoms with Crippen LogP contribution in [0.25, 0.3) is 0 Å². The van der Waals surface area contributed by atoms with Crippen molar-refractivity contribution in [1.82, 2.24) is 0 Å². The average molecular weight is 112 g/mol. The van der Waals surface area contributed by atoms with Gasteiger partial charge in [-0.2, -0.15) is 0 Å². The summed E-state index contributed by atoms with van der Waals surface area (Å²) in [6.45, 7) is 9.80. The predicted molar refractivity (Wildman–Crippen MR) is 35.6 cm³/mol. The molecule has 0 aromatic carbocycles. The van der Waals surface area contributed by atoms with Gasteiger partial charge >= 0.3 is 0 Å². The van der Waals surface area contributed by atoms with Crippen molar-refractivity contribution in [2.24, 2.45) is 0 Å². The second-order valence-corrected chi connectivity index (χ2v) is 1.74. The normalized spacial score (nSPS) is 8.12. The molecule has 0 radical (unpaired) electrons. The van der Waals surface area contributed by atoms with E-state index >= 15 is 0 Å². The van der Waals surface area contributed by atoms with Crippen LogP contribution in [0.2, 0.25) is 0 Å². The second kappa shape index (κ2) is 4.44. The molecule has 0 heterocycles. The van der Waals surface area contributed by atoms with Crippen LogP contribution < -0.4 is 0 Å². The van der Waals surface area contributed by atoms with Crippen LogP contribution in [0.3, 0.4) is 0 Å². The van der Waals surface area contributed by atoms with Gasteiger partial charge in [-0.1, -0.05) is 12.2 Å². The molecule has 46 valence electrons. The van der Waals surface area contributed by atoms with Crippen LogP contribution in [0, 0.1) is 0 Å². The fraction of sp³-hybridized carbons (Fsp3) is 0.429. The van der Waals surface area contributed by atoms with Crippen LogP contribution in [-0.4, -0.2) is 6.61 Å². The van der Waals surface area contributed by atoms with Crippen LogP contribution in [0.4, 0.5) is 0 Å². The molecule has 8 heavy (non-hydrogen) atoms. The molecule has 0 bridgehead atoms. The predicted octanol–water partition coefficient (Wildman–Crippen LogP) is 2.11. The maximum atomic E-state index is 4.85. The van der Waals surface area contributed by atoms with Gasteiger partial charge in [0.1, 0.15) is 0 Å².